The standard InChI is InChI=1S/C10H6ClFN2O2/c1-2-6-7(3-5(11)4-8(6)12)9-13-14-10(15)16-9/h2-4H,1H2,(H,14,15). The van der Waals surface area contributed by atoms with E-state index in [9.17, 15) is 9.18 Å². The Balaban J connectivity index is 2.72. The highest BCUT2D eigenvalue weighted by Crippen LogP contribution is 2.28. The van der Waals surface area contributed by atoms with Crippen molar-refractivity contribution in [3.63, 3.8) is 0 Å². The molecule has 1 aromatic carbocycles. The van der Waals surface area contributed by atoms with Gasteiger partial charge in [-0.1, -0.05) is 24.3 Å². The van der Waals surface area contributed by atoms with Crippen LogP contribution in [0.15, 0.2) is 27.9 Å². The molecule has 0 radical (unpaired) electrons. The zero-order valence-corrected chi connectivity index (χ0v) is 8.71. The molecule has 82 valence electrons. The molecule has 1 aromatic heterocycles. The van der Waals surface area contributed by atoms with Crippen LogP contribution in [0.25, 0.3) is 17.5 Å². The monoisotopic (exact) mass is 240 g/mol. The smallest absolute Gasteiger partial charge is 0.388 e. The molecule has 0 atom stereocenters. The predicted molar refractivity (Wildman–Crippen MR) is 57.6 cm³/mol. The van der Waals surface area contributed by atoms with Gasteiger partial charge in [0.25, 0.3) is 0 Å². The number of nitrogens with zero attached hydrogens (tertiary/aromatic N) is 1. The molecule has 0 bridgehead atoms. The van der Waals surface area contributed by atoms with E-state index in [-0.39, 0.29) is 22.0 Å². The van der Waals surface area contributed by atoms with Crippen LogP contribution in [0.4, 0.5) is 4.39 Å². The van der Waals surface area contributed by atoms with Gasteiger partial charge in [0.1, 0.15) is 5.82 Å². The van der Waals surface area contributed by atoms with Gasteiger partial charge in [-0.25, -0.2) is 14.3 Å². The third-order valence-corrected chi connectivity index (χ3v) is 2.19. The number of aromatic nitrogens is 2. The molecule has 0 aliphatic carbocycles. The summed E-state index contributed by atoms with van der Waals surface area (Å²) in [7, 11) is 0. The first-order valence-electron chi connectivity index (χ1n) is 4.29. The molecule has 0 amide bonds. The van der Waals surface area contributed by atoms with Crippen LogP contribution in [-0.2, 0) is 0 Å². The topological polar surface area (TPSA) is 58.9 Å². The Morgan fingerprint density at radius 2 is 2.31 bits per heavy atom. The van der Waals surface area contributed by atoms with Crippen molar-refractivity contribution >= 4 is 17.7 Å². The van der Waals surface area contributed by atoms with E-state index in [1.54, 1.807) is 0 Å². The van der Waals surface area contributed by atoms with Gasteiger partial charge in [-0.3, -0.25) is 0 Å². The number of benzene rings is 1. The van der Waals surface area contributed by atoms with Gasteiger partial charge in [-0.15, -0.1) is 5.10 Å². The Hall–Kier alpha value is -1.88. The quantitative estimate of drug-likeness (QED) is 0.877. The Morgan fingerprint density at radius 3 is 2.88 bits per heavy atom. The second-order valence-corrected chi connectivity index (χ2v) is 3.41. The summed E-state index contributed by atoms with van der Waals surface area (Å²) in [4.78, 5) is 10.8. The lowest BCUT2D eigenvalue weighted by Gasteiger charge is -2.03. The largest absolute Gasteiger partial charge is 0.434 e. The molecule has 0 saturated heterocycles. The summed E-state index contributed by atoms with van der Waals surface area (Å²) < 4.78 is 18.2. The molecule has 0 spiro atoms. The fourth-order valence-corrected chi connectivity index (χ4v) is 1.52. The zero-order chi connectivity index (χ0) is 11.7. The highest BCUT2D eigenvalue weighted by molar-refractivity contribution is 6.31. The van der Waals surface area contributed by atoms with E-state index in [2.05, 4.69) is 16.8 Å². The molecule has 4 nitrogen and oxygen atoms in total. The molecule has 0 saturated carbocycles. The zero-order valence-electron chi connectivity index (χ0n) is 7.96. The number of rotatable bonds is 2. The van der Waals surface area contributed by atoms with E-state index in [4.69, 9.17) is 16.0 Å². The van der Waals surface area contributed by atoms with E-state index in [0.29, 0.717) is 0 Å². The molecule has 16 heavy (non-hydrogen) atoms. The Morgan fingerprint density at radius 1 is 1.56 bits per heavy atom. The maximum atomic E-state index is 13.5. The number of aromatic amines is 1. The van der Waals surface area contributed by atoms with Crippen molar-refractivity contribution in [1.29, 1.82) is 0 Å². The van der Waals surface area contributed by atoms with E-state index in [1.165, 1.54) is 12.1 Å². The highest BCUT2D eigenvalue weighted by atomic mass is 35.5. The molecule has 2 aromatic rings. The van der Waals surface area contributed by atoms with Crippen LogP contribution in [0.5, 0.6) is 0 Å². The second-order valence-electron chi connectivity index (χ2n) is 2.97. The van der Waals surface area contributed by atoms with Crippen molar-refractivity contribution in [3.05, 3.63) is 45.7 Å². The summed E-state index contributed by atoms with van der Waals surface area (Å²) in [6, 6.07) is 2.59. The first-order valence-corrected chi connectivity index (χ1v) is 4.67. The van der Waals surface area contributed by atoms with E-state index < -0.39 is 11.6 Å². The lowest BCUT2D eigenvalue weighted by Crippen LogP contribution is -1.93. The van der Waals surface area contributed by atoms with Crippen LogP contribution in [0.2, 0.25) is 5.02 Å². The van der Waals surface area contributed by atoms with E-state index in [1.807, 2.05) is 0 Å². The number of hydrogen-bond acceptors (Lipinski definition) is 3. The molecule has 0 aliphatic rings. The van der Waals surface area contributed by atoms with Crippen LogP contribution >= 0.6 is 11.6 Å². The van der Waals surface area contributed by atoms with Gasteiger partial charge in [0, 0.05) is 10.6 Å². The third kappa shape index (κ3) is 1.77. The second kappa shape index (κ2) is 3.94. The van der Waals surface area contributed by atoms with Crippen molar-refractivity contribution in [1.82, 2.24) is 10.2 Å². The minimum atomic E-state index is -0.717. The summed E-state index contributed by atoms with van der Waals surface area (Å²) in [5.74, 6) is -1.30. The highest BCUT2D eigenvalue weighted by Gasteiger charge is 2.14. The lowest BCUT2D eigenvalue weighted by atomic mass is 10.1. The Bertz CT molecular complexity index is 603. The average molecular weight is 241 g/mol. The van der Waals surface area contributed by atoms with Crippen LogP contribution < -0.4 is 5.76 Å². The first kappa shape index (κ1) is 10.6. The molecule has 0 fully saturated rings. The SMILES string of the molecule is C=Cc1c(F)cc(Cl)cc1-c1n[nH]c(=O)o1. The van der Waals surface area contributed by atoms with Gasteiger partial charge in [0.05, 0.1) is 5.56 Å². The molecule has 1 N–H and O–H groups in total. The number of halogens is 2. The van der Waals surface area contributed by atoms with Gasteiger partial charge < -0.3 is 4.42 Å². The van der Waals surface area contributed by atoms with Gasteiger partial charge in [0.15, 0.2) is 0 Å². The molecule has 2 rings (SSSR count). The predicted octanol–water partition coefficient (Wildman–Crippen LogP) is 2.47. The molecule has 0 unspecified atom stereocenters. The van der Waals surface area contributed by atoms with Crippen molar-refractivity contribution in [2.75, 3.05) is 0 Å². The van der Waals surface area contributed by atoms with Crippen molar-refractivity contribution in [2.24, 2.45) is 0 Å². The molecule has 1 heterocycles. The van der Waals surface area contributed by atoms with Gasteiger partial charge in [0.2, 0.25) is 5.89 Å². The number of H-pyrrole nitrogens is 1. The molecule has 6 heteroatoms. The molecular weight excluding hydrogens is 235 g/mol. The number of hydrogen-bond donors (Lipinski definition) is 1. The fraction of sp³-hybridized carbons (Fsp3) is 0. The maximum absolute atomic E-state index is 13.5. The summed E-state index contributed by atoms with van der Waals surface area (Å²) in [5.41, 5.74) is 0.456. The van der Waals surface area contributed by atoms with Crippen molar-refractivity contribution in [2.45, 2.75) is 0 Å². The maximum Gasteiger partial charge on any atom is 0.434 e. The third-order valence-electron chi connectivity index (χ3n) is 1.97. The summed E-state index contributed by atoms with van der Waals surface area (Å²) in [6.07, 6.45) is 1.30. The van der Waals surface area contributed by atoms with Crippen LogP contribution in [0, 0.1) is 5.82 Å². The van der Waals surface area contributed by atoms with Gasteiger partial charge in [-0.2, -0.15) is 0 Å². The Labute approximate surface area is 94.4 Å². The fourth-order valence-electron chi connectivity index (χ4n) is 1.31. The summed E-state index contributed by atoms with van der Waals surface area (Å²) in [6.45, 7) is 3.47. The van der Waals surface area contributed by atoms with E-state index >= 15 is 0 Å². The Kier molecular flexibility index (Phi) is 2.62. The summed E-state index contributed by atoms with van der Waals surface area (Å²) in [5, 5.41) is 5.87. The average Bonchev–Trinajstić information content (AvgIpc) is 2.63. The molecule has 0 aliphatic heterocycles. The van der Waals surface area contributed by atoms with Gasteiger partial charge in [-0.05, 0) is 12.1 Å². The molecular formula is C10H6ClFN2O2. The lowest BCUT2D eigenvalue weighted by molar-refractivity contribution is 0.526. The minimum absolute atomic E-state index is 0.0266. The number of nitrogens with one attached hydrogen (secondary N) is 1. The van der Waals surface area contributed by atoms with Gasteiger partial charge >= 0.3 is 5.76 Å². The van der Waals surface area contributed by atoms with E-state index in [0.717, 1.165) is 6.07 Å². The normalized spacial score (nSPS) is 10.4. The van der Waals surface area contributed by atoms with Crippen LogP contribution in [-0.4, -0.2) is 10.2 Å². The first-order chi connectivity index (χ1) is 7.61. The van der Waals surface area contributed by atoms with Crippen LogP contribution in [0.1, 0.15) is 5.56 Å². The summed E-state index contributed by atoms with van der Waals surface area (Å²) >= 11 is 5.70. The minimum Gasteiger partial charge on any atom is -0.388 e. The van der Waals surface area contributed by atoms with Crippen molar-refractivity contribution in [3.8, 4) is 11.5 Å². The van der Waals surface area contributed by atoms with Crippen LogP contribution in [0.3, 0.4) is 0 Å². The van der Waals surface area contributed by atoms with Crippen molar-refractivity contribution < 1.29 is 8.81 Å².